The van der Waals surface area contributed by atoms with Crippen molar-refractivity contribution in [3.8, 4) is 0 Å². The van der Waals surface area contributed by atoms with E-state index in [-0.39, 0.29) is 22.8 Å². The summed E-state index contributed by atoms with van der Waals surface area (Å²) in [6, 6.07) is 11.8. The maximum absolute atomic E-state index is 12.4. The van der Waals surface area contributed by atoms with Gasteiger partial charge in [0.1, 0.15) is 0 Å². The van der Waals surface area contributed by atoms with E-state index >= 15 is 0 Å². The molecule has 0 heterocycles. The van der Waals surface area contributed by atoms with Gasteiger partial charge < -0.3 is 10.6 Å². The number of hydrogen-bond donors (Lipinski definition) is 2. The summed E-state index contributed by atoms with van der Waals surface area (Å²) in [5.41, 5.74) is 1.59. The summed E-state index contributed by atoms with van der Waals surface area (Å²) in [5, 5.41) is 6.50. The SMILES string of the molecule is O=C(Nc1cccc(NC(=O)C2CCCCC2)c1)c1ccc(Cl)cc1Cl. The first-order valence-corrected chi connectivity index (χ1v) is 9.46. The van der Waals surface area contributed by atoms with Gasteiger partial charge in [0, 0.05) is 22.3 Å². The van der Waals surface area contributed by atoms with Gasteiger partial charge >= 0.3 is 0 Å². The predicted octanol–water partition coefficient (Wildman–Crippen LogP) is 5.76. The highest BCUT2D eigenvalue weighted by Crippen LogP contribution is 2.26. The quantitative estimate of drug-likeness (QED) is 0.696. The van der Waals surface area contributed by atoms with Crippen LogP contribution >= 0.6 is 23.2 Å². The lowest BCUT2D eigenvalue weighted by molar-refractivity contribution is -0.120. The molecule has 2 N–H and O–H groups in total. The van der Waals surface area contributed by atoms with Crippen LogP contribution in [0.5, 0.6) is 0 Å². The molecule has 26 heavy (non-hydrogen) atoms. The van der Waals surface area contributed by atoms with Crippen molar-refractivity contribution in [3.05, 3.63) is 58.1 Å². The van der Waals surface area contributed by atoms with E-state index in [1.807, 2.05) is 6.07 Å². The van der Waals surface area contributed by atoms with E-state index in [2.05, 4.69) is 10.6 Å². The molecule has 2 aromatic rings. The van der Waals surface area contributed by atoms with E-state index in [9.17, 15) is 9.59 Å². The normalized spacial score (nSPS) is 14.7. The zero-order valence-corrected chi connectivity index (χ0v) is 15.7. The van der Waals surface area contributed by atoms with Crippen LogP contribution in [-0.4, -0.2) is 11.8 Å². The first-order valence-electron chi connectivity index (χ1n) is 8.70. The van der Waals surface area contributed by atoms with Gasteiger partial charge in [0.15, 0.2) is 0 Å². The summed E-state index contributed by atoms with van der Waals surface area (Å²) in [7, 11) is 0. The highest BCUT2D eigenvalue weighted by Gasteiger charge is 2.21. The highest BCUT2D eigenvalue weighted by molar-refractivity contribution is 6.37. The summed E-state index contributed by atoms with van der Waals surface area (Å²) in [6.45, 7) is 0. The molecule has 3 rings (SSSR count). The molecule has 1 aliphatic rings. The van der Waals surface area contributed by atoms with Crippen LogP contribution in [0, 0.1) is 5.92 Å². The van der Waals surface area contributed by atoms with Gasteiger partial charge in [0.2, 0.25) is 5.91 Å². The zero-order valence-electron chi connectivity index (χ0n) is 14.2. The Labute approximate surface area is 162 Å². The fourth-order valence-electron chi connectivity index (χ4n) is 3.16. The van der Waals surface area contributed by atoms with Gasteiger partial charge in [0.25, 0.3) is 5.91 Å². The van der Waals surface area contributed by atoms with Crippen LogP contribution in [0.25, 0.3) is 0 Å². The fourth-order valence-corrected chi connectivity index (χ4v) is 3.65. The van der Waals surface area contributed by atoms with Crippen LogP contribution < -0.4 is 10.6 Å². The molecule has 0 atom stereocenters. The maximum Gasteiger partial charge on any atom is 0.257 e. The minimum atomic E-state index is -0.331. The third kappa shape index (κ3) is 4.77. The van der Waals surface area contributed by atoms with Crippen molar-refractivity contribution in [1.82, 2.24) is 0 Å². The standard InChI is InChI=1S/C20H20Cl2N2O2/c21-14-9-10-17(18(22)11-14)20(26)24-16-8-4-7-15(12-16)23-19(25)13-5-2-1-3-6-13/h4,7-13H,1-3,5-6H2,(H,23,25)(H,24,26). The van der Waals surface area contributed by atoms with E-state index in [1.54, 1.807) is 30.3 Å². The Bertz CT molecular complexity index is 817. The average molecular weight is 391 g/mol. The number of carbonyl (C=O) groups excluding carboxylic acids is 2. The number of hydrogen-bond acceptors (Lipinski definition) is 2. The molecule has 0 aromatic heterocycles. The number of benzene rings is 2. The summed E-state index contributed by atoms with van der Waals surface area (Å²) < 4.78 is 0. The van der Waals surface area contributed by atoms with Gasteiger partial charge in [-0.05, 0) is 49.2 Å². The van der Waals surface area contributed by atoms with Crippen molar-refractivity contribution in [2.24, 2.45) is 5.92 Å². The molecule has 0 aliphatic heterocycles. The lowest BCUT2D eigenvalue weighted by atomic mass is 9.88. The largest absolute Gasteiger partial charge is 0.326 e. The number of rotatable bonds is 4. The molecule has 0 radical (unpaired) electrons. The van der Waals surface area contributed by atoms with Crippen molar-refractivity contribution in [3.63, 3.8) is 0 Å². The first kappa shape index (κ1) is 18.7. The second-order valence-electron chi connectivity index (χ2n) is 6.48. The summed E-state index contributed by atoms with van der Waals surface area (Å²) >= 11 is 11.9. The lowest BCUT2D eigenvalue weighted by Gasteiger charge is -2.20. The third-order valence-electron chi connectivity index (χ3n) is 4.54. The molecule has 6 heteroatoms. The third-order valence-corrected chi connectivity index (χ3v) is 5.09. The monoisotopic (exact) mass is 390 g/mol. The second kappa shape index (κ2) is 8.56. The van der Waals surface area contributed by atoms with Gasteiger partial charge in [-0.1, -0.05) is 48.5 Å². The number of anilines is 2. The average Bonchev–Trinajstić information content (AvgIpc) is 2.62. The zero-order chi connectivity index (χ0) is 18.5. The van der Waals surface area contributed by atoms with Gasteiger partial charge in [-0.3, -0.25) is 9.59 Å². The van der Waals surface area contributed by atoms with Gasteiger partial charge in [0.05, 0.1) is 10.6 Å². The van der Waals surface area contributed by atoms with E-state index in [1.165, 1.54) is 12.5 Å². The Morgan fingerprint density at radius 1 is 0.885 bits per heavy atom. The maximum atomic E-state index is 12.4. The van der Waals surface area contributed by atoms with Crippen molar-refractivity contribution in [2.45, 2.75) is 32.1 Å². The van der Waals surface area contributed by atoms with Crippen LogP contribution in [0.2, 0.25) is 10.0 Å². The molecule has 1 saturated carbocycles. The Kier molecular flexibility index (Phi) is 6.17. The summed E-state index contributed by atoms with van der Waals surface area (Å²) in [6.07, 6.45) is 5.30. The summed E-state index contributed by atoms with van der Waals surface area (Å²) in [4.78, 5) is 24.8. The Morgan fingerprint density at radius 2 is 1.58 bits per heavy atom. The molecular formula is C20H20Cl2N2O2. The smallest absolute Gasteiger partial charge is 0.257 e. The van der Waals surface area contributed by atoms with E-state index in [0.717, 1.165) is 25.7 Å². The number of halogens is 2. The molecule has 136 valence electrons. The van der Waals surface area contributed by atoms with Gasteiger partial charge in [-0.25, -0.2) is 0 Å². The van der Waals surface area contributed by atoms with Crippen LogP contribution in [0.15, 0.2) is 42.5 Å². The number of nitrogens with one attached hydrogen (secondary N) is 2. The predicted molar refractivity (Wildman–Crippen MR) is 106 cm³/mol. The minimum Gasteiger partial charge on any atom is -0.326 e. The minimum absolute atomic E-state index is 0.0499. The fraction of sp³-hybridized carbons (Fsp3) is 0.300. The highest BCUT2D eigenvalue weighted by atomic mass is 35.5. The van der Waals surface area contributed by atoms with Crippen molar-refractivity contribution in [1.29, 1.82) is 0 Å². The first-order chi connectivity index (χ1) is 12.5. The Hall–Kier alpha value is -2.04. The van der Waals surface area contributed by atoms with Crippen molar-refractivity contribution in [2.75, 3.05) is 10.6 Å². The molecule has 0 unspecified atom stereocenters. The number of amides is 2. The molecule has 0 spiro atoms. The topological polar surface area (TPSA) is 58.2 Å². The molecule has 1 aliphatic carbocycles. The van der Waals surface area contributed by atoms with Crippen LogP contribution in [-0.2, 0) is 4.79 Å². The molecule has 0 saturated heterocycles. The molecule has 2 amide bonds. The lowest BCUT2D eigenvalue weighted by Crippen LogP contribution is -2.24. The molecule has 0 bridgehead atoms. The van der Waals surface area contributed by atoms with Gasteiger partial charge in [-0.2, -0.15) is 0 Å². The molecule has 2 aromatic carbocycles. The van der Waals surface area contributed by atoms with Crippen LogP contribution in [0.1, 0.15) is 42.5 Å². The van der Waals surface area contributed by atoms with Gasteiger partial charge in [-0.15, -0.1) is 0 Å². The van der Waals surface area contributed by atoms with Crippen molar-refractivity contribution < 1.29 is 9.59 Å². The molecule has 4 nitrogen and oxygen atoms in total. The Morgan fingerprint density at radius 3 is 2.27 bits per heavy atom. The van der Waals surface area contributed by atoms with Crippen LogP contribution in [0.3, 0.4) is 0 Å². The molecular weight excluding hydrogens is 371 g/mol. The Balaban J connectivity index is 1.67. The van der Waals surface area contributed by atoms with E-state index in [4.69, 9.17) is 23.2 Å². The van der Waals surface area contributed by atoms with Crippen molar-refractivity contribution >= 4 is 46.4 Å². The second-order valence-corrected chi connectivity index (χ2v) is 7.33. The van der Waals surface area contributed by atoms with Crippen LogP contribution in [0.4, 0.5) is 11.4 Å². The summed E-state index contributed by atoms with van der Waals surface area (Å²) in [5.74, 6) is -0.203. The number of carbonyl (C=O) groups is 2. The van der Waals surface area contributed by atoms with E-state index in [0.29, 0.717) is 22.0 Å². The van der Waals surface area contributed by atoms with E-state index < -0.39 is 0 Å². The molecule has 1 fully saturated rings.